The Hall–Kier alpha value is -1.75. The van der Waals surface area contributed by atoms with Gasteiger partial charge in [0.15, 0.2) is 11.5 Å². The second-order valence-corrected chi connectivity index (χ2v) is 7.33. The summed E-state index contributed by atoms with van der Waals surface area (Å²) in [6.07, 6.45) is 4.58. The lowest BCUT2D eigenvalue weighted by molar-refractivity contribution is -0.134. The predicted molar refractivity (Wildman–Crippen MR) is 91.3 cm³/mol. The fourth-order valence-electron chi connectivity index (χ4n) is 4.44. The molecule has 24 heavy (non-hydrogen) atoms. The van der Waals surface area contributed by atoms with Crippen LogP contribution in [0.3, 0.4) is 0 Å². The summed E-state index contributed by atoms with van der Waals surface area (Å²) < 4.78 is 11.2. The first kappa shape index (κ1) is 15.8. The molecule has 5 heteroatoms. The number of carbonyl (C=O) groups is 1. The van der Waals surface area contributed by atoms with Crippen molar-refractivity contribution >= 4 is 5.91 Å². The highest BCUT2D eigenvalue weighted by molar-refractivity contribution is 5.84. The third kappa shape index (κ3) is 2.65. The van der Waals surface area contributed by atoms with Crippen molar-refractivity contribution in [1.29, 1.82) is 0 Å². The number of ether oxygens (including phenoxy) is 2. The van der Waals surface area contributed by atoms with E-state index in [1.807, 2.05) is 25.1 Å². The van der Waals surface area contributed by atoms with Gasteiger partial charge in [-0.1, -0.05) is 18.9 Å². The summed E-state index contributed by atoms with van der Waals surface area (Å²) in [4.78, 5) is 13.1. The lowest BCUT2D eigenvalue weighted by atomic mass is 9.67. The van der Waals surface area contributed by atoms with Gasteiger partial charge in [-0.25, -0.2) is 0 Å². The van der Waals surface area contributed by atoms with Gasteiger partial charge in [0, 0.05) is 6.54 Å². The zero-order valence-corrected chi connectivity index (χ0v) is 14.3. The van der Waals surface area contributed by atoms with E-state index >= 15 is 0 Å². The number of hydrogen-bond donors (Lipinski definition) is 2. The lowest BCUT2D eigenvalue weighted by Gasteiger charge is -2.38. The van der Waals surface area contributed by atoms with Crippen LogP contribution in [0.15, 0.2) is 18.2 Å². The van der Waals surface area contributed by atoms with E-state index in [1.54, 1.807) is 0 Å². The summed E-state index contributed by atoms with van der Waals surface area (Å²) in [6.45, 7) is 5.01. The van der Waals surface area contributed by atoms with Crippen molar-refractivity contribution in [2.24, 2.45) is 11.3 Å². The fourth-order valence-corrected chi connectivity index (χ4v) is 4.44. The van der Waals surface area contributed by atoms with Gasteiger partial charge in [-0.2, -0.15) is 0 Å². The van der Waals surface area contributed by atoms with Gasteiger partial charge >= 0.3 is 0 Å². The van der Waals surface area contributed by atoms with Crippen molar-refractivity contribution in [3.05, 3.63) is 23.8 Å². The molecule has 130 valence electrons. The van der Waals surface area contributed by atoms with E-state index in [9.17, 15) is 4.79 Å². The molecular formula is C19H26N2O3. The van der Waals surface area contributed by atoms with Crippen molar-refractivity contribution in [2.75, 3.05) is 26.3 Å². The molecule has 1 saturated heterocycles. The molecule has 2 heterocycles. The Labute approximate surface area is 143 Å². The molecule has 1 saturated carbocycles. The number of amides is 1. The summed E-state index contributed by atoms with van der Waals surface area (Å²) in [6, 6.07) is 5.90. The van der Waals surface area contributed by atoms with E-state index < -0.39 is 0 Å². The summed E-state index contributed by atoms with van der Waals surface area (Å²) in [5, 5.41) is 6.70. The van der Waals surface area contributed by atoms with Crippen molar-refractivity contribution in [3.8, 4) is 11.5 Å². The molecule has 1 aliphatic carbocycles. The maximum Gasteiger partial charge on any atom is 0.228 e. The quantitative estimate of drug-likeness (QED) is 0.893. The van der Waals surface area contributed by atoms with Crippen molar-refractivity contribution < 1.29 is 14.3 Å². The molecule has 0 bridgehead atoms. The van der Waals surface area contributed by atoms with Crippen LogP contribution in [-0.4, -0.2) is 32.2 Å². The van der Waals surface area contributed by atoms with Crippen LogP contribution in [0.5, 0.6) is 11.5 Å². The maximum atomic E-state index is 13.1. The SMILES string of the molecule is CC(NC(=O)[C@@]12CCCC[C@H]1CNC2)c1ccc2c(c1)OCCO2. The minimum atomic E-state index is -0.208. The summed E-state index contributed by atoms with van der Waals surface area (Å²) in [5.41, 5.74) is 0.850. The molecule has 4 rings (SSSR count). The van der Waals surface area contributed by atoms with Gasteiger partial charge in [0.2, 0.25) is 5.91 Å². The van der Waals surface area contributed by atoms with E-state index in [0.29, 0.717) is 19.1 Å². The second-order valence-electron chi connectivity index (χ2n) is 7.33. The van der Waals surface area contributed by atoms with Gasteiger partial charge in [0.1, 0.15) is 13.2 Å². The van der Waals surface area contributed by atoms with Crippen LogP contribution in [0.25, 0.3) is 0 Å². The molecular weight excluding hydrogens is 304 g/mol. The van der Waals surface area contributed by atoms with Crippen molar-refractivity contribution in [1.82, 2.24) is 10.6 Å². The highest BCUT2D eigenvalue weighted by Gasteiger charge is 2.50. The van der Waals surface area contributed by atoms with Gasteiger partial charge < -0.3 is 20.1 Å². The highest BCUT2D eigenvalue weighted by Crippen LogP contribution is 2.44. The number of rotatable bonds is 3. The van der Waals surface area contributed by atoms with E-state index in [2.05, 4.69) is 10.6 Å². The van der Waals surface area contributed by atoms with Crippen LogP contribution in [0.2, 0.25) is 0 Å². The Balaban J connectivity index is 1.49. The smallest absolute Gasteiger partial charge is 0.228 e. The minimum Gasteiger partial charge on any atom is -0.486 e. The summed E-state index contributed by atoms with van der Waals surface area (Å²) >= 11 is 0. The van der Waals surface area contributed by atoms with Crippen LogP contribution in [-0.2, 0) is 4.79 Å². The molecule has 5 nitrogen and oxygen atoms in total. The van der Waals surface area contributed by atoms with E-state index in [4.69, 9.17) is 9.47 Å². The Bertz CT molecular complexity index is 633. The maximum absolute atomic E-state index is 13.1. The van der Waals surface area contributed by atoms with E-state index in [1.165, 1.54) is 12.8 Å². The zero-order chi connectivity index (χ0) is 16.6. The second kappa shape index (κ2) is 6.28. The summed E-state index contributed by atoms with van der Waals surface area (Å²) in [5.74, 6) is 2.25. The molecule has 1 aromatic rings. The van der Waals surface area contributed by atoms with Gasteiger partial charge in [0.05, 0.1) is 11.5 Å². The summed E-state index contributed by atoms with van der Waals surface area (Å²) in [7, 11) is 0. The number of hydrogen-bond acceptors (Lipinski definition) is 4. The number of benzene rings is 1. The first-order valence-corrected chi connectivity index (χ1v) is 9.10. The van der Waals surface area contributed by atoms with Crippen LogP contribution in [0, 0.1) is 11.3 Å². The molecule has 0 radical (unpaired) electrons. The van der Waals surface area contributed by atoms with Crippen LogP contribution >= 0.6 is 0 Å². The molecule has 1 unspecified atom stereocenters. The Morgan fingerprint density at radius 2 is 2.12 bits per heavy atom. The largest absolute Gasteiger partial charge is 0.486 e. The Kier molecular flexibility index (Phi) is 4.12. The number of fused-ring (bicyclic) bond motifs is 2. The molecule has 2 fully saturated rings. The van der Waals surface area contributed by atoms with Gasteiger partial charge in [-0.15, -0.1) is 0 Å². The minimum absolute atomic E-state index is 0.0362. The number of carbonyl (C=O) groups excluding carboxylic acids is 1. The van der Waals surface area contributed by atoms with Gasteiger partial charge in [-0.3, -0.25) is 4.79 Å². The molecule has 1 amide bonds. The molecule has 2 N–H and O–H groups in total. The Morgan fingerprint density at radius 3 is 3.00 bits per heavy atom. The first-order chi connectivity index (χ1) is 11.7. The molecule has 3 aliphatic rings. The van der Waals surface area contributed by atoms with Crippen LogP contribution in [0.1, 0.15) is 44.2 Å². The molecule has 3 atom stereocenters. The predicted octanol–water partition coefficient (Wildman–Crippen LogP) is 2.41. The van der Waals surface area contributed by atoms with Gasteiger partial charge in [-0.05, 0) is 49.9 Å². The Morgan fingerprint density at radius 1 is 1.29 bits per heavy atom. The highest BCUT2D eigenvalue weighted by atomic mass is 16.6. The standard InChI is InChI=1S/C19H26N2O3/c1-13(14-5-6-16-17(10-14)24-9-8-23-16)21-18(22)19-7-3-2-4-15(19)11-20-12-19/h5-6,10,13,15,20H,2-4,7-9,11-12H2,1H3,(H,21,22)/t13?,15-,19+/m0/s1. The average Bonchev–Trinajstić information content (AvgIpc) is 3.06. The average molecular weight is 330 g/mol. The third-order valence-electron chi connectivity index (χ3n) is 5.90. The van der Waals surface area contributed by atoms with Crippen molar-refractivity contribution in [3.63, 3.8) is 0 Å². The fraction of sp³-hybridized carbons (Fsp3) is 0.632. The monoisotopic (exact) mass is 330 g/mol. The third-order valence-corrected chi connectivity index (χ3v) is 5.90. The zero-order valence-electron chi connectivity index (χ0n) is 14.3. The molecule has 2 aliphatic heterocycles. The van der Waals surface area contributed by atoms with E-state index in [-0.39, 0.29) is 17.4 Å². The van der Waals surface area contributed by atoms with Gasteiger partial charge in [0.25, 0.3) is 0 Å². The van der Waals surface area contributed by atoms with Crippen molar-refractivity contribution in [2.45, 2.75) is 38.6 Å². The topological polar surface area (TPSA) is 59.6 Å². The molecule has 0 spiro atoms. The molecule has 1 aromatic carbocycles. The number of nitrogens with one attached hydrogen (secondary N) is 2. The lowest BCUT2D eigenvalue weighted by Crippen LogP contribution is -2.48. The van der Waals surface area contributed by atoms with Crippen LogP contribution in [0.4, 0.5) is 0 Å². The van der Waals surface area contributed by atoms with E-state index in [0.717, 1.165) is 43.0 Å². The molecule has 0 aromatic heterocycles. The van der Waals surface area contributed by atoms with Crippen LogP contribution < -0.4 is 20.1 Å². The normalized spacial score (nSPS) is 29.6. The first-order valence-electron chi connectivity index (χ1n) is 9.10.